The maximum absolute atomic E-state index is 6.30. The van der Waals surface area contributed by atoms with Gasteiger partial charge in [-0.1, -0.05) is 29.3 Å². The van der Waals surface area contributed by atoms with Gasteiger partial charge in [0.2, 0.25) is 5.88 Å². The van der Waals surface area contributed by atoms with Gasteiger partial charge in [0.25, 0.3) is 0 Å². The van der Waals surface area contributed by atoms with Crippen molar-refractivity contribution in [2.24, 2.45) is 0 Å². The number of hydrogen-bond donors (Lipinski definition) is 3. The number of pyridine rings is 1. The molecule has 23 heavy (non-hydrogen) atoms. The minimum Gasteiger partial charge on any atom is -0.481 e. The number of nitrogens with zero attached hydrogens (tertiary/aromatic N) is 1. The largest absolute Gasteiger partial charge is 0.481 e. The number of nitrogen functional groups attached to an aromatic ring is 1. The summed E-state index contributed by atoms with van der Waals surface area (Å²) in [4.78, 5) is 7.24. The van der Waals surface area contributed by atoms with Crippen LogP contribution in [0.3, 0.4) is 0 Å². The zero-order valence-electron chi connectivity index (χ0n) is 12.5. The predicted octanol–water partition coefficient (Wildman–Crippen LogP) is 3.75. The quantitative estimate of drug-likeness (QED) is 0.612. The van der Waals surface area contributed by atoms with Gasteiger partial charge < -0.3 is 20.8 Å². The second-order valence-electron chi connectivity index (χ2n) is 5.13. The molecule has 2 heterocycles. The first-order valence-corrected chi connectivity index (χ1v) is 7.79. The fraction of sp³-hybridized carbons (Fsp3) is 0.188. The predicted molar refractivity (Wildman–Crippen MR) is 94.1 cm³/mol. The Bertz CT molecular complexity index is 830. The van der Waals surface area contributed by atoms with Gasteiger partial charge >= 0.3 is 0 Å². The number of rotatable bonds is 5. The summed E-state index contributed by atoms with van der Waals surface area (Å²) < 4.78 is 5.04. The van der Waals surface area contributed by atoms with E-state index in [1.807, 2.05) is 18.2 Å². The van der Waals surface area contributed by atoms with Gasteiger partial charge in [0.15, 0.2) is 0 Å². The Labute approximate surface area is 143 Å². The van der Waals surface area contributed by atoms with E-state index < -0.39 is 0 Å². The lowest BCUT2D eigenvalue weighted by Crippen LogP contribution is -2.14. The molecule has 0 atom stereocenters. The third-order valence-electron chi connectivity index (χ3n) is 3.64. The highest BCUT2D eigenvalue weighted by Gasteiger charge is 2.13. The smallest absolute Gasteiger partial charge is 0.212 e. The van der Waals surface area contributed by atoms with Crippen LogP contribution in [0.1, 0.15) is 11.1 Å². The van der Waals surface area contributed by atoms with E-state index in [9.17, 15) is 0 Å². The Balaban J connectivity index is 1.72. The number of fused-ring (bicyclic) bond motifs is 1. The van der Waals surface area contributed by atoms with E-state index in [1.165, 1.54) is 0 Å². The van der Waals surface area contributed by atoms with Crippen LogP contribution in [0.15, 0.2) is 30.6 Å². The number of hydrogen-bond acceptors (Lipinski definition) is 4. The van der Waals surface area contributed by atoms with Crippen LogP contribution < -0.4 is 15.8 Å². The fourth-order valence-corrected chi connectivity index (χ4v) is 3.06. The summed E-state index contributed by atoms with van der Waals surface area (Å²) in [7, 11) is 1.59. The van der Waals surface area contributed by atoms with E-state index in [0.29, 0.717) is 34.7 Å². The molecule has 7 heteroatoms. The van der Waals surface area contributed by atoms with Crippen LogP contribution in [0.25, 0.3) is 10.9 Å². The number of nitrogens with one attached hydrogen (secondary N) is 2. The summed E-state index contributed by atoms with van der Waals surface area (Å²) >= 11 is 12.4. The molecule has 3 rings (SSSR count). The Kier molecular flexibility index (Phi) is 4.61. The molecule has 0 spiro atoms. The summed E-state index contributed by atoms with van der Waals surface area (Å²) in [5.41, 5.74) is 9.59. The Morgan fingerprint density at radius 2 is 2.09 bits per heavy atom. The van der Waals surface area contributed by atoms with E-state index >= 15 is 0 Å². The minimum atomic E-state index is 0.570. The fourth-order valence-electron chi connectivity index (χ4n) is 2.43. The molecule has 5 nitrogen and oxygen atoms in total. The highest BCUT2D eigenvalue weighted by atomic mass is 35.5. The Morgan fingerprint density at radius 3 is 2.78 bits per heavy atom. The summed E-state index contributed by atoms with van der Waals surface area (Å²) in [5.74, 6) is 0.596. The van der Waals surface area contributed by atoms with E-state index in [1.54, 1.807) is 19.5 Å². The topological polar surface area (TPSA) is 76.0 Å². The van der Waals surface area contributed by atoms with Crippen LogP contribution in [0, 0.1) is 0 Å². The molecule has 1 aromatic carbocycles. The van der Waals surface area contributed by atoms with Crippen molar-refractivity contribution < 1.29 is 4.74 Å². The van der Waals surface area contributed by atoms with Crippen molar-refractivity contribution in [3.8, 4) is 5.88 Å². The number of ether oxygens (including phenoxy) is 1. The standard InChI is InChI=1S/C16H16Cl2N4O/c1-23-13-3-2-9(6-21-13)5-20-7-10-4-11(17)14-12(18)8-22-16(14)15(10)19/h2-4,6,8,20,22H,5,7,19H2,1H3. The summed E-state index contributed by atoms with van der Waals surface area (Å²) in [6, 6.07) is 5.64. The number of H-pyrrole nitrogens is 1. The SMILES string of the molecule is COc1ccc(CNCc2cc(Cl)c3c(Cl)c[nH]c3c2N)cn1. The molecule has 0 unspecified atom stereocenters. The van der Waals surface area contributed by atoms with E-state index in [4.69, 9.17) is 33.7 Å². The van der Waals surface area contributed by atoms with Crippen molar-refractivity contribution >= 4 is 39.8 Å². The second-order valence-corrected chi connectivity index (χ2v) is 5.94. The summed E-state index contributed by atoms with van der Waals surface area (Å²) in [5, 5.41) is 5.24. The monoisotopic (exact) mass is 350 g/mol. The Morgan fingerprint density at radius 1 is 1.26 bits per heavy atom. The van der Waals surface area contributed by atoms with Crippen LogP contribution in [-0.2, 0) is 13.1 Å². The first kappa shape index (κ1) is 15.9. The molecule has 4 N–H and O–H groups in total. The van der Waals surface area contributed by atoms with Crippen molar-refractivity contribution in [2.75, 3.05) is 12.8 Å². The minimum absolute atomic E-state index is 0.570. The maximum atomic E-state index is 6.30. The number of nitrogens with two attached hydrogens (primary N) is 1. The van der Waals surface area contributed by atoms with Crippen molar-refractivity contribution in [1.29, 1.82) is 0 Å². The molecule has 0 saturated carbocycles. The maximum Gasteiger partial charge on any atom is 0.212 e. The van der Waals surface area contributed by atoms with Crippen molar-refractivity contribution in [1.82, 2.24) is 15.3 Å². The number of aromatic amines is 1. The summed E-state index contributed by atoms with van der Waals surface area (Å²) in [6.07, 6.45) is 3.46. The molecule has 0 amide bonds. The number of anilines is 1. The van der Waals surface area contributed by atoms with E-state index in [0.717, 1.165) is 22.0 Å². The van der Waals surface area contributed by atoms with E-state index in [2.05, 4.69) is 15.3 Å². The average Bonchev–Trinajstić information content (AvgIpc) is 2.95. The molecule has 120 valence electrons. The summed E-state index contributed by atoms with van der Waals surface area (Å²) in [6.45, 7) is 1.25. The third kappa shape index (κ3) is 3.22. The van der Waals surface area contributed by atoms with Crippen LogP contribution in [0.4, 0.5) is 5.69 Å². The normalized spacial score (nSPS) is 11.1. The van der Waals surface area contributed by atoms with Crippen molar-refractivity contribution in [3.05, 3.63) is 51.8 Å². The molecule has 0 fully saturated rings. The molecule has 3 aromatic rings. The molecule has 2 aromatic heterocycles. The molecular weight excluding hydrogens is 335 g/mol. The second kappa shape index (κ2) is 6.66. The molecule has 0 bridgehead atoms. The van der Waals surface area contributed by atoms with Gasteiger partial charge in [-0.2, -0.15) is 0 Å². The van der Waals surface area contributed by atoms with Gasteiger partial charge in [0, 0.05) is 36.9 Å². The Hall–Kier alpha value is -1.95. The van der Waals surface area contributed by atoms with Gasteiger partial charge in [-0.3, -0.25) is 0 Å². The van der Waals surface area contributed by atoms with Crippen molar-refractivity contribution in [3.63, 3.8) is 0 Å². The molecule has 0 saturated heterocycles. The van der Waals surface area contributed by atoms with Gasteiger partial charge in [-0.15, -0.1) is 0 Å². The number of benzene rings is 1. The van der Waals surface area contributed by atoms with Gasteiger partial charge in [-0.25, -0.2) is 4.98 Å². The van der Waals surface area contributed by atoms with Crippen LogP contribution in [-0.4, -0.2) is 17.1 Å². The zero-order chi connectivity index (χ0) is 16.4. The number of aromatic nitrogens is 2. The average molecular weight is 351 g/mol. The molecular formula is C16H16Cl2N4O. The first-order chi connectivity index (χ1) is 11.1. The third-order valence-corrected chi connectivity index (χ3v) is 4.23. The van der Waals surface area contributed by atoms with Crippen LogP contribution >= 0.6 is 23.2 Å². The zero-order valence-corrected chi connectivity index (χ0v) is 14.0. The highest BCUT2D eigenvalue weighted by Crippen LogP contribution is 2.35. The lowest BCUT2D eigenvalue weighted by molar-refractivity contribution is 0.397. The first-order valence-electron chi connectivity index (χ1n) is 7.03. The van der Waals surface area contributed by atoms with Crippen LogP contribution in [0.2, 0.25) is 10.0 Å². The molecule has 0 aliphatic carbocycles. The van der Waals surface area contributed by atoms with Crippen LogP contribution in [0.5, 0.6) is 5.88 Å². The van der Waals surface area contributed by atoms with E-state index in [-0.39, 0.29) is 0 Å². The lowest BCUT2D eigenvalue weighted by Gasteiger charge is -2.10. The van der Waals surface area contributed by atoms with Crippen molar-refractivity contribution in [2.45, 2.75) is 13.1 Å². The number of methoxy groups -OCH3 is 1. The van der Waals surface area contributed by atoms with Gasteiger partial charge in [0.1, 0.15) is 0 Å². The molecule has 0 aliphatic heterocycles. The van der Waals surface area contributed by atoms with Gasteiger partial charge in [-0.05, 0) is 17.2 Å². The highest BCUT2D eigenvalue weighted by molar-refractivity contribution is 6.42. The lowest BCUT2D eigenvalue weighted by atomic mass is 10.1. The molecule has 0 aliphatic rings. The van der Waals surface area contributed by atoms with Gasteiger partial charge in [0.05, 0.1) is 28.4 Å². The number of halogens is 2. The molecule has 0 radical (unpaired) electrons.